The highest BCUT2D eigenvalue weighted by molar-refractivity contribution is 6.10. The standard InChI is InChI=1S/C22H17N5O4.H2/c1-31-16-6-5-15-11-27(19(28)17(15)9-16)12-22(20(29)24-21(30)25-22)8-7-13-3-2-4-14-10-23-26-18(13)14;/h2-6,9-10H,11-12H2,1H3,(H,23,26)(H2,24,25,29,30);1H/t22-;/m1./s1. The number of hydrogen-bond donors (Lipinski definition) is 3. The number of aromatic amines is 1. The van der Waals surface area contributed by atoms with Crippen LogP contribution in [-0.2, 0) is 11.3 Å². The van der Waals surface area contributed by atoms with Gasteiger partial charge in [-0.25, -0.2) is 4.79 Å². The third-order valence-electron chi connectivity index (χ3n) is 5.45. The summed E-state index contributed by atoms with van der Waals surface area (Å²) in [4.78, 5) is 39.2. The lowest BCUT2D eigenvalue weighted by atomic mass is 9.98. The Labute approximate surface area is 178 Å². The summed E-state index contributed by atoms with van der Waals surface area (Å²) in [6, 6.07) is 10.1. The number of rotatable bonds is 3. The summed E-state index contributed by atoms with van der Waals surface area (Å²) in [6.07, 6.45) is 1.68. The summed E-state index contributed by atoms with van der Waals surface area (Å²) in [5.74, 6) is 5.62. The van der Waals surface area contributed by atoms with Crippen molar-refractivity contribution < 1.29 is 20.5 Å². The van der Waals surface area contributed by atoms with Crippen LogP contribution in [0, 0.1) is 11.8 Å². The van der Waals surface area contributed by atoms with Gasteiger partial charge in [0.05, 0.1) is 30.9 Å². The van der Waals surface area contributed by atoms with Gasteiger partial charge in [0.2, 0.25) is 5.54 Å². The number of imide groups is 1. The van der Waals surface area contributed by atoms with Crippen molar-refractivity contribution in [3.63, 3.8) is 0 Å². The van der Waals surface area contributed by atoms with Crippen molar-refractivity contribution in [2.75, 3.05) is 13.7 Å². The van der Waals surface area contributed by atoms with Crippen molar-refractivity contribution in [3.8, 4) is 17.6 Å². The maximum absolute atomic E-state index is 13.0. The molecule has 3 heterocycles. The van der Waals surface area contributed by atoms with Crippen molar-refractivity contribution in [2.24, 2.45) is 0 Å². The first-order valence-corrected chi connectivity index (χ1v) is 9.54. The Hall–Kier alpha value is -4.32. The molecule has 2 aromatic carbocycles. The molecule has 9 nitrogen and oxygen atoms in total. The van der Waals surface area contributed by atoms with Gasteiger partial charge in [-0.2, -0.15) is 5.10 Å². The van der Waals surface area contributed by atoms with Crippen LogP contribution in [0.2, 0.25) is 0 Å². The lowest BCUT2D eigenvalue weighted by molar-refractivity contribution is -0.122. The van der Waals surface area contributed by atoms with Gasteiger partial charge < -0.3 is 15.0 Å². The number of fused-ring (bicyclic) bond motifs is 2. The molecule has 9 heteroatoms. The Morgan fingerprint density at radius 3 is 2.90 bits per heavy atom. The fourth-order valence-electron chi connectivity index (χ4n) is 3.86. The van der Waals surface area contributed by atoms with Gasteiger partial charge in [0.15, 0.2) is 0 Å². The lowest BCUT2D eigenvalue weighted by Crippen LogP contribution is -2.54. The summed E-state index contributed by atoms with van der Waals surface area (Å²) in [5, 5.41) is 12.6. The van der Waals surface area contributed by atoms with Crippen molar-refractivity contribution >= 4 is 28.7 Å². The molecule has 4 amide bonds. The Bertz CT molecular complexity index is 1320. The van der Waals surface area contributed by atoms with Gasteiger partial charge >= 0.3 is 6.03 Å². The van der Waals surface area contributed by atoms with Gasteiger partial charge in [-0.05, 0) is 23.8 Å². The number of H-pyrrole nitrogens is 1. The first-order valence-electron chi connectivity index (χ1n) is 9.54. The smallest absolute Gasteiger partial charge is 0.323 e. The Morgan fingerprint density at radius 1 is 1.26 bits per heavy atom. The molecule has 31 heavy (non-hydrogen) atoms. The molecule has 2 aliphatic rings. The van der Waals surface area contributed by atoms with E-state index in [2.05, 4.69) is 32.7 Å². The van der Waals surface area contributed by atoms with Gasteiger partial charge in [0.1, 0.15) is 5.75 Å². The van der Waals surface area contributed by atoms with Gasteiger partial charge in [0.25, 0.3) is 11.8 Å². The summed E-state index contributed by atoms with van der Waals surface area (Å²) >= 11 is 0. The number of urea groups is 1. The minimum Gasteiger partial charge on any atom is -0.497 e. The average Bonchev–Trinajstić information content (AvgIpc) is 3.43. The quantitative estimate of drug-likeness (QED) is 0.440. The number of para-hydroxylation sites is 1. The molecule has 3 N–H and O–H groups in total. The van der Waals surface area contributed by atoms with Crippen molar-refractivity contribution in [1.29, 1.82) is 0 Å². The van der Waals surface area contributed by atoms with E-state index in [9.17, 15) is 14.4 Å². The van der Waals surface area contributed by atoms with Gasteiger partial charge in [-0.15, -0.1) is 0 Å². The third-order valence-corrected chi connectivity index (χ3v) is 5.45. The maximum Gasteiger partial charge on any atom is 0.323 e. The number of carbonyl (C=O) groups excluding carboxylic acids is 3. The van der Waals surface area contributed by atoms with Crippen molar-refractivity contribution in [3.05, 3.63) is 59.3 Å². The van der Waals surface area contributed by atoms with E-state index in [4.69, 9.17) is 4.74 Å². The van der Waals surface area contributed by atoms with Gasteiger partial charge in [0, 0.05) is 18.9 Å². The zero-order chi connectivity index (χ0) is 21.6. The highest BCUT2D eigenvalue weighted by Crippen LogP contribution is 2.28. The van der Waals surface area contributed by atoms with Crippen LogP contribution >= 0.6 is 0 Å². The molecule has 1 fully saturated rings. The molecule has 5 rings (SSSR count). The Balaban J connectivity index is 0.00000245. The normalized spacial score (nSPS) is 19.6. The van der Waals surface area contributed by atoms with E-state index < -0.39 is 17.5 Å². The largest absolute Gasteiger partial charge is 0.497 e. The summed E-state index contributed by atoms with van der Waals surface area (Å²) in [5.41, 5.74) is 1.12. The number of benzene rings is 2. The predicted molar refractivity (Wildman–Crippen MR) is 112 cm³/mol. The van der Waals surface area contributed by atoms with Crippen LogP contribution in [0.5, 0.6) is 5.75 Å². The van der Waals surface area contributed by atoms with Crippen LogP contribution in [0.4, 0.5) is 4.79 Å². The topological polar surface area (TPSA) is 116 Å². The highest BCUT2D eigenvalue weighted by atomic mass is 16.5. The minimum absolute atomic E-state index is 0. The molecule has 0 spiro atoms. The number of amides is 4. The fourth-order valence-corrected chi connectivity index (χ4v) is 3.86. The Kier molecular flexibility index (Phi) is 4.15. The molecule has 1 atom stereocenters. The average molecular weight is 417 g/mol. The number of ether oxygens (including phenoxy) is 1. The number of nitrogens with zero attached hydrogens (tertiary/aromatic N) is 2. The second kappa shape index (κ2) is 6.88. The number of aromatic nitrogens is 2. The van der Waals surface area contributed by atoms with E-state index in [1.54, 1.807) is 24.4 Å². The molecule has 0 radical (unpaired) electrons. The maximum atomic E-state index is 13.0. The minimum atomic E-state index is -1.57. The molecular formula is C22H19N5O4. The number of hydrogen-bond acceptors (Lipinski definition) is 5. The fraction of sp³-hybridized carbons (Fsp3) is 0.182. The second-order valence-corrected chi connectivity index (χ2v) is 7.39. The molecule has 0 bridgehead atoms. The van der Waals surface area contributed by atoms with Crippen molar-refractivity contribution in [2.45, 2.75) is 12.1 Å². The predicted octanol–water partition coefficient (Wildman–Crippen LogP) is 1.40. The summed E-state index contributed by atoms with van der Waals surface area (Å²) in [6.45, 7) is 0.216. The molecule has 156 valence electrons. The van der Waals surface area contributed by atoms with Crippen LogP contribution in [0.1, 0.15) is 22.9 Å². The van der Waals surface area contributed by atoms with Gasteiger partial charge in [-0.3, -0.25) is 20.0 Å². The van der Waals surface area contributed by atoms with Crippen LogP contribution in [0.25, 0.3) is 10.9 Å². The molecule has 2 aliphatic heterocycles. The van der Waals surface area contributed by atoms with Crippen LogP contribution in [0.3, 0.4) is 0 Å². The van der Waals surface area contributed by atoms with E-state index in [1.165, 1.54) is 12.0 Å². The number of carbonyl (C=O) groups is 3. The Morgan fingerprint density at radius 2 is 2.13 bits per heavy atom. The van der Waals surface area contributed by atoms with Crippen LogP contribution in [0.15, 0.2) is 42.6 Å². The third kappa shape index (κ3) is 3.05. The molecule has 3 aromatic rings. The number of methoxy groups -OCH3 is 1. The zero-order valence-electron chi connectivity index (χ0n) is 16.5. The molecule has 0 saturated carbocycles. The van der Waals surface area contributed by atoms with Crippen molar-refractivity contribution in [1.82, 2.24) is 25.7 Å². The second-order valence-electron chi connectivity index (χ2n) is 7.39. The van der Waals surface area contributed by atoms with Crippen LogP contribution < -0.4 is 15.4 Å². The van der Waals surface area contributed by atoms with E-state index in [-0.39, 0.29) is 13.9 Å². The summed E-state index contributed by atoms with van der Waals surface area (Å²) < 4.78 is 5.20. The van der Waals surface area contributed by atoms with Crippen LogP contribution in [-0.4, -0.2) is 52.1 Å². The monoisotopic (exact) mass is 417 g/mol. The van der Waals surface area contributed by atoms with E-state index in [0.29, 0.717) is 23.4 Å². The SMILES string of the molecule is COc1ccc2c(c1)C(=O)N(C[C@@]1(C#Cc3cccc4cn[nH]c34)NC(=O)NC1=O)C2.[HH]. The summed E-state index contributed by atoms with van der Waals surface area (Å²) in [7, 11) is 1.53. The lowest BCUT2D eigenvalue weighted by Gasteiger charge is -2.26. The highest BCUT2D eigenvalue weighted by Gasteiger charge is 2.48. The zero-order valence-corrected chi connectivity index (χ0v) is 16.5. The van der Waals surface area contributed by atoms with E-state index >= 15 is 0 Å². The van der Waals surface area contributed by atoms with Gasteiger partial charge in [-0.1, -0.05) is 30.0 Å². The van der Waals surface area contributed by atoms with E-state index in [1.807, 2.05) is 18.2 Å². The molecule has 0 aliphatic carbocycles. The molecule has 0 unspecified atom stereocenters. The first-order chi connectivity index (χ1) is 15.0. The molecular weight excluding hydrogens is 398 g/mol. The molecule has 1 aromatic heterocycles. The number of nitrogens with one attached hydrogen (secondary N) is 3. The van der Waals surface area contributed by atoms with E-state index in [0.717, 1.165) is 16.5 Å². The first kappa shape index (κ1) is 18.7. The molecule has 1 saturated heterocycles.